The van der Waals surface area contributed by atoms with Gasteiger partial charge >= 0.3 is 0 Å². The van der Waals surface area contributed by atoms with Gasteiger partial charge in [-0.05, 0) is 142 Å². The van der Waals surface area contributed by atoms with E-state index in [2.05, 4.69) is 100 Å². The van der Waals surface area contributed by atoms with Crippen molar-refractivity contribution in [1.82, 2.24) is 0 Å². The van der Waals surface area contributed by atoms with E-state index in [0.717, 1.165) is 54.9 Å². The molecule has 16 heteroatoms. The van der Waals surface area contributed by atoms with Gasteiger partial charge in [-0.3, -0.25) is 0 Å². The predicted octanol–water partition coefficient (Wildman–Crippen LogP) is 8.85. The van der Waals surface area contributed by atoms with Crippen LogP contribution in [0.5, 0.6) is 46.0 Å². The number of rotatable bonds is 0. The van der Waals surface area contributed by atoms with E-state index in [1.165, 1.54) is 11.1 Å². The summed E-state index contributed by atoms with van der Waals surface area (Å²) in [4.78, 5) is 0. The summed E-state index contributed by atoms with van der Waals surface area (Å²) in [5.41, 5.74) is 7.76. The van der Waals surface area contributed by atoms with E-state index in [1.54, 1.807) is 0 Å². The van der Waals surface area contributed by atoms with Crippen molar-refractivity contribution in [2.75, 3.05) is 159 Å². The van der Waals surface area contributed by atoms with Gasteiger partial charge in [0.25, 0.3) is 0 Å². The Morgan fingerprint density at radius 3 is 0.628 bits per heavy atom. The molecule has 416 valence electrons. The first-order valence-electron chi connectivity index (χ1n) is 27.5. The first-order valence-corrected chi connectivity index (χ1v) is 27.5. The third-order valence-corrected chi connectivity index (χ3v) is 15.5. The molecule has 0 fully saturated rings. The SMILES string of the molecule is Cc1c2cc3c4cc2c(C)c2cc5c(cc12)OCCOCCOCCOc1cc2c(cc1OCCOCCOCCO5)C1(C)c5ccccc5C2(C)c2cc(c(cc21)OCCOCCOCCO3)OCCOCCOCCO4. The monoisotopic (exact) mass is 1070 g/mol. The Labute approximate surface area is 456 Å². The topological polar surface area (TPSA) is 148 Å². The van der Waals surface area contributed by atoms with Crippen LogP contribution in [0.3, 0.4) is 0 Å². The molecule has 0 radical (unpaired) electrons. The summed E-state index contributed by atoms with van der Waals surface area (Å²) in [6, 6.07) is 25.6. The smallest absolute Gasteiger partial charge is 0.161 e. The maximum Gasteiger partial charge on any atom is 0.161 e. The lowest BCUT2D eigenvalue weighted by Gasteiger charge is -2.54. The molecule has 2 heterocycles. The van der Waals surface area contributed by atoms with Gasteiger partial charge in [0.1, 0.15) is 52.9 Å². The molecule has 5 aliphatic rings. The Hall–Kier alpha value is -6.08. The molecule has 6 aromatic rings. The molecule has 0 spiro atoms. The number of hydrogen-bond donors (Lipinski definition) is 0. The summed E-state index contributed by atoms with van der Waals surface area (Å²) < 4.78 is 101. The normalized spacial score (nSPS) is 22.4. The highest BCUT2D eigenvalue weighted by atomic mass is 16.6. The van der Waals surface area contributed by atoms with Crippen molar-refractivity contribution in [3.05, 3.63) is 117 Å². The van der Waals surface area contributed by atoms with E-state index in [9.17, 15) is 0 Å². The Bertz CT molecular complexity index is 2680. The van der Waals surface area contributed by atoms with Crippen molar-refractivity contribution in [3.63, 3.8) is 0 Å². The van der Waals surface area contributed by atoms with Crippen LogP contribution in [0.25, 0.3) is 21.5 Å². The standard InChI is InChI=1S/C62H72O16/c1-41-43-33-53-56-36-46(43)42(2)45-35-55-54(34-44(41)45)72-26-18-64-10-14-68-22-30-76-58-38-50-51(39-59(58)77-31-23-69-15-11-65-19-27-73-55)61(3)47-7-5-6-8-48(47)62(50,4)52-40-60(78-32-24-70-16-12-66-20-28-74-56)57(37-49(52)61)75-29-21-67-13-9-63-17-25-71-53/h5-8,33-40H,9-32H2,1-4H3. The average Bonchev–Trinajstić information content (AvgIpc) is 2.61. The minimum Gasteiger partial charge on any atom is -0.487 e. The van der Waals surface area contributed by atoms with Crippen molar-refractivity contribution in [1.29, 1.82) is 0 Å². The summed E-state index contributed by atoms with van der Waals surface area (Å²) in [5, 5.41) is 4.09. The quantitative estimate of drug-likeness (QED) is 0.133. The summed E-state index contributed by atoms with van der Waals surface area (Å²) in [6.45, 7) is 16.9. The summed E-state index contributed by atoms with van der Waals surface area (Å²) in [5.74, 6) is 4.90. The van der Waals surface area contributed by atoms with Crippen LogP contribution < -0.4 is 37.9 Å². The minimum absolute atomic E-state index is 0.291. The first-order chi connectivity index (χ1) is 38.3. The first kappa shape index (κ1) is 53.9. The number of hydrogen-bond acceptors (Lipinski definition) is 16. The van der Waals surface area contributed by atoms with Gasteiger partial charge in [-0.1, -0.05) is 24.3 Å². The van der Waals surface area contributed by atoms with Crippen molar-refractivity contribution in [3.8, 4) is 46.0 Å². The largest absolute Gasteiger partial charge is 0.487 e. The fourth-order valence-electron chi connectivity index (χ4n) is 11.5. The Kier molecular flexibility index (Phi) is 17.2. The molecule has 6 aromatic carbocycles. The van der Waals surface area contributed by atoms with E-state index in [-0.39, 0.29) is 0 Å². The van der Waals surface area contributed by atoms with Gasteiger partial charge in [0.15, 0.2) is 46.0 Å². The lowest BCUT2D eigenvalue weighted by Crippen LogP contribution is -2.48. The zero-order valence-electron chi connectivity index (χ0n) is 45.4. The Morgan fingerprint density at radius 2 is 0.423 bits per heavy atom. The van der Waals surface area contributed by atoms with Gasteiger partial charge in [0.05, 0.1) is 106 Å². The highest BCUT2D eigenvalue weighted by molar-refractivity contribution is 6.07. The Morgan fingerprint density at radius 1 is 0.244 bits per heavy atom. The minimum atomic E-state index is -0.619. The zero-order valence-corrected chi connectivity index (χ0v) is 45.4. The Balaban J connectivity index is 0.973. The van der Waals surface area contributed by atoms with Crippen molar-refractivity contribution in [2.24, 2.45) is 0 Å². The van der Waals surface area contributed by atoms with Crippen LogP contribution in [-0.2, 0) is 48.7 Å². The van der Waals surface area contributed by atoms with Gasteiger partial charge in [-0.2, -0.15) is 0 Å². The molecule has 0 aromatic heterocycles. The molecule has 16 nitrogen and oxygen atoms in total. The maximum absolute atomic E-state index is 6.62. The summed E-state index contributed by atoms with van der Waals surface area (Å²) in [6.07, 6.45) is 0. The molecule has 2 bridgehead atoms. The van der Waals surface area contributed by atoms with E-state index in [4.69, 9.17) is 75.8 Å². The van der Waals surface area contributed by atoms with E-state index in [0.29, 0.717) is 205 Å². The fourth-order valence-corrected chi connectivity index (χ4v) is 11.5. The van der Waals surface area contributed by atoms with Gasteiger partial charge in [-0.25, -0.2) is 0 Å². The highest BCUT2D eigenvalue weighted by Gasteiger charge is 2.56. The highest BCUT2D eigenvalue weighted by Crippen LogP contribution is 2.64. The van der Waals surface area contributed by atoms with Crippen LogP contribution in [-0.4, -0.2) is 159 Å². The molecular formula is C62H72O16. The predicted molar refractivity (Wildman–Crippen MR) is 292 cm³/mol. The maximum atomic E-state index is 6.62. The van der Waals surface area contributed by atoms with Gasteiger partial charge in [0.2, 0.25) is 0 Å². The summed E-state index contributed by atoms with van der Waals surface area (Å²) in [7, 11) is 0. The number of aryl methyl sites for hydroxylation is 2. The second-order valence-electron chi connectivity index (χ2n) is 20.1. The number of fused-ring (bicyclic) bond motifs is 6. The molecule has 0 saturated heterocycles. The molecule has 0 saturated carbocycles. The molecule has 3 aliphatic carbocycles. The van der Waals surface area contributed by atoms with Crippen LogP contribution in [0.15, 0.2) is 72.8 Å². The van der Waals surface area contributed by atoms with Crippen LogP contribution in [0.4, 0.5) is 0 Å². The van der Waals surface area contributed by atoms with Gasteiger partial charge in [0, 0.05) is 10.8 Å². The van der Waals surface area contributed by atoms with Crippen LogP contribution in [0.1, 0.15) is 58.4 Å². The lowest BCUT2D eigenvalue weighted by atomic mass is 9.48. The van der Waals surface area contributed by atoms with Crippen LogP contribution in [0, 0.1) is 13.8 Å². The zero-order chi connectivity index (χ0) is 53.3. The lowest BCUT2D eigenvalue weighted by molar-refractivity contribution is 0.0223. The molecule has 11 rings (SSSR count). The molecule has 0 unspecified atom stereocenters. The van der Waals surface area contributed by atoms with Gasteiger partial charge in [-0.15, -0.1) is 0 Å². The van der Waals surface area contributed by atoms with E-state index >= 15 is 0 Å². The second-order valence-corrected chi connectivity index (χ2v) is 20.1. The fraction of sp³-hybridized carbons (Fsp3) is 0.484. The van der Waals surface area contributed by atoms with Crippen molar-refractivity contribution >= 4 is 21.5 Å². The number of benzene rings is 6. The molecule has 78 heavy (non-hydrogen) atoms. The average molecular weight is 1070 g/mol. The van der Waals surface area contributed by atoms with E-state index in [1.807, 2.05) is 0 Å². The van der Waals surface area contributed by atoms with Crippen LogP contribution in [0.2, 0.25) is 0 Å². The van der Waals surface area contributed by atoms with E-state index < -0.39 is 10.8 Å². The molecular weight excluding hydrogens is 1000 g/mol. The third-order valence-electron chi connectivity index (χ3n) is 15.5. The molecule has 2 aliphatic heterocycles. The molecule has 0 amide bonds. The van der Waals surface area contributed by atoms with Gasteiger partial charge < -0.3 is 75.8 Å². The molecule has 0 atom stereocenters. The number of ether oxygens (including phenoxy) is 16. The van der Waals surface area contributed by atoms with Crippen LogP contribution >= 0.6 is 0 Å². The van der Waals surface area contributed by atoms with Crippen molar-refractivity contribution in [2.45, 2.75) is 38.5 Å². The summed E-state index contributed by atoms with van der Waals surface area (Å²) >= 11 is 0. The molecule has 0 N–H and O–H groups in total. The third kappa shape index (κ3) is 11.1. The second kappa shape index (κ2) is 24.9. The van der Waals surface area contributed by atoms with Crippen molar-refractivity contribution < 1.29 is 75.8 Å².